The Bertz CT molecular complexity index is 855. The van der Waals surface area contributed by atoms with Gasteiger partial charge in [0, 0.05) is 0 Å². The minimum atomic E-state index is -0.402. The van der Waals surface area contributed by atoms with Gasteiger partial charge in [0.05, 0.1) is 0 Å². The molecule has 0 bridgehead atoms. The second-order valence-electron chi connectivity index (χ2n) is 5.53. The molecule has 2 aromatic rings. The van der Waals surface area contributed by atoms with Gasteiger partial charge in [-0.15, -0.1) is 6.08 Å². The SMILES string of the molecule is C=C1C=c2ccccc2=[C]1[Mg][CH]1C=Cc2ccccc21. The van der Waals surface area contributed by atoms with Crippen LogP contribution >= 0.6 is 0 Å². The maximum atomic E-state index is 4.27. The Morgan fingerprint density at radius 2 is 1.75 bits per heavy atom. The Balaban J connectivity index is 1.78. The summed E-state index contributed by atoms with van der Waals surface area (Å²) in [4.78, 5) is 0. The van der Waals surface area contributed by atoms with E-state index in [0.29, 0.717) is 4.05 Å². The third-order valence-electron chi connectivity index (χ3n) is 4.33. The molecule has 4 rings (SSSR count). The van der Waals surface area contributed by atoms with E-state index in [2.05, 4.69) is 73.3 Å². The third-order valence-corrected chi connectivity index (χ3v) is 6.73. The van der Waals surface area contributed by atoms with Gasteiger partial charge in [-0.3, -0.25) is 0 Å². The van der Waals surface area contributed by atoms with Crippen LogP contribution in [0.4, 0.5) is 0 Å². The highest BCUT2D eigenvalue weighted by Gasteiger charge is 2.23. The first kappa shape index (κ1) is 12.2. The third kappa shape index (κ3) is 1.89. The molecule has 0 radical (unpaired) electrons. The Labute approximate surface area is 128 Å². The molecule has 0 saturated carbocycles. The summed E-state index contributed by atoms with van der Waals surface area (Å²) in [7, 11) is 0. The Morgan fingerprint density at radius 1 is 0.950 bits per heavy atom. The summed E-state index contributed by atoms with van der Waals surface area (Å²) in [5.41, 5.74) is 4.13. The fourth-order valence-corrected chi connectivity index (χ4v) is 5.52. The fraction of sp³-hybridized carbons (Fsp3) is 0.0526. The van der Waals surface area contributed by atoms with E-state index in [1.165, 1.54) is 30.8 Å². The summed E-state index contributed by atoms with van der Waals surface area (Å²) >= 11 is -0.402. The van der Waals surface area contributed by atoms with E-state index in [9.17, 15) is 0 Å². The summed E-state index contributed by atoms with van der Waals surface area (Å²) < 4.78 is 2.16. The van der Waals surface area contributed by atoms with E-state index in [1.807, 2.05) is 0 Å². The van der Waals surface area contributed by atoms with Crippen LogP contribution in [-0.2, 0) is 0 Å². The molecule has 1 atom stereocenters. The molecule has 20 heavy (non-hydrogen) atoms. The van der Waals surface area contributed by atoms with Crippen molar-refractivity contribution >= 4 is 36.2 Å². The molecule has 0 heterocycles. The lowest BCUT2D eigenvalue weighted by Gasteiger charge is -2.11. The van der Waals surface area contributed by atoms with E-state index in [0.717, 1.165) is 0 Å². The van der Waals surface area contributed by atoms with E-state index in [4.69, 9.17) is 0 Å². The van der Waals surface area contributed by atoms with Crippen molar-refractivity contribution < 1.29 is 0 Å². The highest BCUT2D eigenvalue weighted by molar-refractivity contribution is 6.63. The lowest BCUT2D eigenvalue weighted by molar-refractivity contribution is 1.23. The summed E-state index contributed by atoms with van der Waals surface area (Å²) in [6.45, 7) is 4.27. The molecule has 1 unspecified atom stereocenters. The van der Waals surface area contributed by atoms with Gasteiger partial charge in [-0.05, 0) is 16.0 Å². The quantitative estimate of drug-likeness (QED) is 0.733. The van der Waals surface area contributed by atoms with Crippen molar-refractivity contribution in [2.24, 2.45) is 0 Å². The van der Waals surface area contributed by atoms with Crippen molar-refractivity contribution in [2.75, 3.05) is 0 Å². The molecule has 0 amide bonds. The molecule has 0 nitrogen and oxygen atoms in total. The number of rotatable bonds is 2. The molecule has 0 N–H and O–H groups in total. The van der Waals surface area contributed by atoms with Gasteiger partial charge >= 0.3 is 20.4 Å². The Kier molecular flexibility index (Phi) is 2.90. The van der Waals surface area contributed by atoms with Gasteiger partial charge in [0.1, 0.15) is 0 Å². The first-order valence-corrected chi connectivity index (χ1v) is 8.62. The van der Waals surface area contributed by atoms with Gasteiger partial charge in [0.15, 0.2) is 0 Å². The molecule has 0 aromatic heterocycles. The van der Waals surface area contributed by atoms with Crippen LogP contribution in [0.15, 0.2) is 66.8 Å². The zero-order chi connectivity index (χ0) is 13.5. The van der Waals surface area contributed by atoms with Crippen LogP contribution in [0.25, 0.3) is 15.9 Å². The molecular weight excluding hydrogens is 253 g/mol. The van der Waals surface area contributed by atoms with Crippen molar-refractivity contribution in [1.82, 2.24) is 0 Å². The lowest BCUT2D eigenvalue weighted by atomic mass is 10.1. The zero-order valence-electron chi connectivity index (χ0n) is 11.3. The summed E-state index contributed by atoms with van der Waals surface area (Å²) in [6, 6.07) is 17.5. The van der Waals surface area contributed by atoms with Gasteiger partial charge < -0.3 is 0 Å². The fourth-order valence-electron chi connectivity index (χ4n) is 3.31. The van der Waals surface area contributed by atoms with Crippen molar-refractivity contribution in [3.8, 4) is 0 Å². The minimum absolute atomic E-state index is 0.402. The highest BCUT2D eigenvalue weighted by atomic mass is 24.5. The van der Waals surface area contributed by atoms with Gasteiger partial charge in [0.25, 0.3) is 0 Å². The van der Waals surface area contributed by atoms with Crippen molar-refractivity contribution in [3.05, 3.63) is 88.3 Å². The normalized spacial score (nSPS) is 18.5. The van der Waals surface area contributed by atoms with Crippen molar-refractivity contribution in [1.29, 1.82) is 0 Å². The summed E-state index contributed by atoms with van der Waals surface area (Å²) in [5.74, 6) is 0. The van der Waals surface area contributed by atoms with E-state index in [1.54, 1.807) is 0 Å². The zero-order valence-corrected chi connectivity index (χ0v) is 12.8. The maximum Gasteiger partial charge on any atom is 0.427 e. The number of benzene rings is 2. The van der Waals surface area contributed by atoms with Gasteiger partial charge in [-0.2, -0.15) is 3.70 Å². The Morgan fingerprint density at radius 3 is 2.70 bits per heavy atom. The van der Waals surface area contributed by atoms with Crippen LogP contribution in [-0.4, -0.2) is 20.4 Å². The van der Waals surface area contributed by atoms with Crippen LogP contribution in [0.5, 0.6) is 0 Å². The summed E-state index contributed by atoms with van der Waals surface area (Å²) in [5, 5.41) is 2.76. The predicted octanol–water partition coefficient (Wildman–Crippen LogP) is 2.62. The Hall–Kier alpha value is -1.57. The standard InChI is InChI=1S/C10H7.C9H7.Mg/c1-8-6-9-4-2-3-5-10(9)7-8;1-2-5-9-7-3-6-8(9)4-1;/h2-6H,1H2;1-7H;. The number of hydrogen-bond donors (Lipinski definition) is 0. The average molecular weight is 267 g/mol. The molecule has 92 valence electrons. The van der Waals surface area contributed by atoms with Crippen LogP contribution in [0.1, 0.15) is 15.2 Å². The molecule has 0 saturated heterocycles. The van der Waals surface area contributed by atoms with E-state index < -0.39 is 20.4 Å². The van der Waals surface area contributed by atoms with Gasteiger partial charge in [0.2, 0.25) is 0 Å². The predicted molar refractivity (Wildman–Crippen MR) is 86.7 cm³/mol. The molecule has 0 aliphatic heterocycles. The van der Waals surface area contributed by atoms with Crippen LogP contribution in [0.2, 0.25) is 0 Å². The number of hydrogen-bond acceptors (Lipinski definition) is 0. The van der Waals surface area contributed by atoms with Crippen molar-refractivity contribution in [2.45, 2.75) is 4.05 Å². The first-order chi connectivity index (χ1) is 9.83. The second kappa shape index (κ2) is 4.76. The second-order valence-corrected chi connectivity index (χ2v) is 7.53. The average Bonchev–Trinajstić information content (AvgIpc) is 3.02. The van der Waals surface area contributed by atoms with Crippen LogP contribution < -0.4 is 10.4 Å². The highest BCUT2D eigenvalue weighted by Crippen LogP contribution is 2.31. The molecule has 2 aliphatic carbocycles. The molecule has 0 spiro atoms. The smallest absolute Gasteiger partial charge is 0.158 e. The van der Waals surface area contributed by atoms with E-state index >= 15 is 0 Å². The topological polar surface area (TPSA) is 0 Å². The largest absolute Gasteiger partial charge is 0.427 e. The molecule has 1 heteroatoms. The first-order valence-electron chi connectivity index (χ1n) is 7.09. The lowest BCUT2D eigenvalue weighted by Crippen LogP contribution is -2.24. The monoisotopic (exact) mass is 266 g/mol. The maximum absolute atomic E-state index is 4.27. The van der Waals surface area contributed by atoms with Crippen LogP contribution in [0, 0.1) is 0 Å². The van der Waals surface area contributed by atoms with Gasteiger partial charge in [-0.25, -0.2) is 0 Å². The number of fused-ring (bicyclic) bond motifs is 2. The molecule has 2 aromatic carbocycles. The minimum Gasteiger partial charge on any atom is -0.158 e. The van der Waals surface area contributed by atoms with E-state index in [-0.39, 0.29) is 0 Å². The van der Waals surface area contributed by atoms with Gasteiger partial charge in [-0.1, -0.05) is 82.4 Å². The molecule has 0 fully saturated rings. The summed E-state index contributed by atoms with van der Waals surface area (Å²) in [6.07, 6.45) is 6.90. The van der Waals surface area contributed by atoms with Crippen molar-refractivity contribution in [3.63, 3.8) is 0 Å². The number of allylic oxidation sites excluding steroid dienone is 2. The molecule has 2 aliphatic rings. The van der Waals surface area contributed by atoms with Crippen LogP contribution in [0.3, 0.4) is 0 Å². The molecular formula is C19H14Mg.